The van der Waals surface area contributed by atoms with Gasteiger partial charge in [0.1, 0.15) is 0 Å². The van der Waals surface area contributed by atoms with Crippen LogP contribution in [-0.4, -0.2) is 7.11 Å². The molecule has 0 aromatic heterocycles. The SMILES string of the molecule is COc1c(C(C)(C)C)cc2c(c1-c1ccc(C(C)(C)C)cc1)C=C(C)[CH]2[Zr]([Cl])([Cl])[CH]1C(C)=Cc2c1cc1c(c2-c2ccc(C(C)(C)C)cc2)CCC1. The number of fused-ring (bicyclic) bond motifs is 3. The average molecular weight is 811 g/mol. The van der Waals surface area contributed by atoms with Gasteiger partial charge in [-0.3, -0.25) is 0 Å². The predicted octanol–water partition coefficient (Wildman–Crippen LogP) is 14.5. The van der Waals surface area contributed by atoms with Crippen molar-refractivity contribution in [2.45, 2.75) is 119 Å². The van der Waals surface area contributed by atoms with Crippen LogP contribution in [0.1, 0.15) is 140 Å². The Bertz CT molecular complexity index is 2130. The summed E-state index contributed by atoms with van der Waals surface area (Å²) >= 11 is -4.19. The van der Waals surface area contributed by atoms with Crippen molar-refractivity contribution in [2.75, 3.05) is 7.11 Å². The van der Waals surface area contributed by atoms with Crippen molar-refractivity contribution in [1.29, 1.82) is 0 Å². The van der Waals surface area contributed by atoms with Gasteiger partial charge in [0.05, 0.1) is 0 Å². The summed E-state index contributed by atoms with van der Waals surface area (Å²) in [5.41, 5.74) is 19.7. The van der Waals surface area contributed by atoms with Crippen LogP contribution in [0.5, 0.6) is 5.75 Å². The zero-order chi connectivity index (χ0) is 37.7. The van der Waals surface area contributed by atoms with E-state index in [1.54, 1.807) is 0 Å². The minimum atomic E-state index is -4.19. The van der Waals surface area contributed by atoms with Crippen LogP contribution in [0.15, 0.2) is 71.8 Å². The molecule has 4 aromatic rings. The molecule has 0 spiro atoms. The third-order valence-corrected chi connectivity index (χ3v) is 24.7. The number of hydrogen-bond donors (Lipinski definition) is 0. The van der Waals surface area contributed by atoms with Gasteiger partial charge in [-0.1, -0.05) is 0 Å². The molecule has 52 heavy (non-hydrogen) atoms. The summed E-state index contributed by atoms with van der Waals surface area (Å²) in [5, 5.41) is 0. The molecule has 0 radical (unpaired) electrons. The van der Waals surface area contributed by atoms with Crippen LogP contribution in [0, 0.1) is 0 Å². The number of allylic oxidation sites excluding steroid dienone is 2. The van der Waals surface area contributed by atoms with Crippen molar-refractivity contribution in [2.24, 2.45) is 0 Å². The van der Waals surface area contributed by atoms with Crippen molar-refractivity contribution in [3.05, 3.63) is 122 Å². The molecule has 0 heterocycles. The zero-order valence-corrected chi connectivity index (χ0v) is 37.3. The van der Waals surface area contributed by atoms with Gasteiger partial charge in [-0.15, -0.1) is 0 Å². The summed E-state index contributed by atoms with van der Waals surface area (Å²) in [6.45, 7) is 25.0. The molecular weight excluding hydrogens is 755 g/mol. The summed E-state index contributed by atoms with van der Waals surface area (Å²) in [5.74, 6) is 0.948. The maximum atomic E-state index is 8.19. The quantitative estimate of drug-likeness (QED) is 0.195. The monoisotopic (exact) mass is 808 g/mol. The Hall–Kier alpha value is -2.38. The van der Waals surface area contributed by atoms with E-state index in [0.29, 0.717) is 0 Å². The number of aryl methyl sites for hydroxylation is 1. The van der Waals surface area contributed by atoms with Gasteiger partial charge < -0.3 is 0 Å². The van der Waals surface area contributed by atoms with Crippen LogP contribution in [0.4, 0.5) is 0 Å². The van der Waals surface area contributed by atoms with Gasteiger partial charge in [-0.05, 0) is 0 Å². The third-order valence-electron chi connectivity index (χ3n) is 12.0. The normalized spacial score (nSPS) is 18.6. The van der Waals surface area contributed by atoms with E-state index in [1.807, 2.05) is 7.11 Å². The van der Waals surface area contributed by atoms with Gasteiger partial charge in [-0.25, -0.2) is 0 Å². The van der Waals surface area contributed by atoms with Crippen LogP contribution in [0.2, 0.25) is 0 Å². The maximum absolute atomic E-state index is 8.19. The van der Waals surface area contributed by atoms with Crippen LogP contribution < -0.4 is 4.74 Å². The van der Waals surface area contributed by atoms with Gasteiger partial charge in [0.15, 0.2) is 0 Å². The molecule has 1 nitrogen and oxygen atoms in total. The second kappa shape index (κ2) is 13.1. The first-order valence-electron chi connectivity index (χ1n) is 19.1. The molecule has 0 saturated heterocycles. The molecule has 0 saturated carbocycles. The Labute approximate surface area is 325 Å². The standard InChI is InChI=1S/C25H31O.C23H25.2ClH.Zr/c1-16-13-18-15-21(25(5,6)7)23(26-8)22(20(18)14-16)17-9-11-19(12-10-17)24(2,3)4;1-15-12-18-14-17-6-5-7-20(17)22(21(18)13-15)16-8-10-19(11-9-16)23(2,3)4;;;/h9-15H,1-8H3;8-14H,5-7H2,1-4H3;2*1H;/q;;;;+2/p-2. The molecule has 272 valence electrons. The van der Waals surface area contributed by atoms with E-state index >= 15 is 0 Å². The van der Waals surface area contributed by atoms with E-state index in [0.717, 1.165) is 24.2 Å². The molecule has 3 aliphatic rings. The van der Waals surface area contributed by atoms with Gasteiger partial charge in [0, 0.05) is 0 Å². The van der Waals surface area contributed by atoms with E-state index < -0.39 is 17.9 Å². The number of benzene rings is 4. The second-order valence-electron chi connectivity index (χ2n) is 18.8. The second-order valence-corrected chi connectivity index (χ2v) is 33.5. The molecule has 7 rings (SSSR count). The van der Waals surface area contributed by atoms with Crippen molar-refractivity contribution in [1.82, 2.24) is 0 Å². The van der Waals surface area contributed by atoms with E-state index in [4.69, 9.17) is 21.8 Å². The fourth-order valence-corrected chi connectivity index (χ4v) is 23.5. The first-order chi connectivity index (χ1) is 24.2. The van der Waals surface area contributed by atoms with Crippen LogP contribution in [0.25, 0.3) is 34.4 Å². The number of rotatable bonds is 5. The molecule has 0 bridgehead atoms. The molecule has 2 atom stereocenters. The number of ether oxygens (including phenoxy) is 1. The molecule has 0 N–H and O–H groups in total. The van der Waals surface area contributed by atoms with E-state index in [1.165, 1.54) is 84.3 Å². The Morgan fingerprint density at radius 3 is 1.54 bits per heavy atom. The van der Waals surface area contributed by atoms with E-state index in [-0.39, 0.29) is 23.5 Å². The number of halogens is 2. The Balaban J connectivity index is 1.40. The van der Waals surface area contributed by atoms with Crippen LogP contribution in [0.3, 0.4) is 0 Å². The summed E-state index contributed by atoms with van der Waals surface area (Å²) in [7, 11) is 18.2. The number of hydrogen-bond acceptors (Lipinski definition) is 1. The Morgan fingerprint density at radius 2 is 1.08 bits per heavy atom. The summed E-state index contributed by atoms with van der Waals surface area (Å²) in [6, 6.07) is 23.3. The molecule has 4 heteroatoms. The van der Waals surface area contributed by atoms with Crippen molar-refractivity contribution in [3.63, 3.8) is 0 Å². The molecule has 2 unspecified atom stereocenters. The summed E-state index contributed by atoms with van der Waals surface area (Å²) in [4.78, 5) is 0. The zero-order valence-electron chi connectivity index (χ0n) is 33.4. The summed E-state index contributed by atoms with van der Waals surface area (Å²) < 4.78 is 6.40. The molecule has 0 amide bonds. The molecule has 0 fully saturated rings. The predicted molar refractivity (Wildman–Crippen MR) is 223 cm³/mol. The average Bonchev–Trinajstić information content (AvgIpc) is 3.75. The first-order valence-corrected chi connectivity index (χ1v) is 28.3. The van der Waals surface area contributed by atoms with Crippen molar-refractivity contribution in [3.8, 4) is 28.0 Å². The molecule has 4 aromatic carbocycles. The summed E-state index contributed by atoms with van der Waals surface area (Å²) in [6.07, 6.45) is 8.25. The topological polar surface area (TPSA) is 9.23 Å². The fraction of sp³-hybridized carbons (Fsp3) is 0.417. The molecule has 0 aliphatic heterocycles. The van der Waals surface area contributed by atoms with Crippen LogP contribution in [-0.2, 0) is 47.0 Å². The van der Waals surface area contributed by atoms with Gasteiger partial charge in [-0.2, -0.15) is 0 Å². The van der Waals surface area contributed by atoms with Gasteiger partial charge in [0.2, 0.25) is 0 Å². The fourth-order valence-electron chi connectivity index (χ4n) is 9.23. The number of methoxy groups -OCH3 is 1. The molecule has 3 aliphatic carbocycles. The minimum absolute atomic E-state index is 0.00862. The van der Waals surface area contributed by atoms with Gasteiger partial charge >= 0.3 is 328 Å². The molecular formula is C48H56Cl2OZr. The van der Waals surface area contributed by atoms with Crippen molar-refractivity contribution < 1.29 is 22.6 Å². The van der Waals surface area contributed by atoms with Crippen molar-refractivity contribution >= 4 is 29.2 Å². The Kier molecular flexibility index (Phi) is 9.58. The first kappa shape index (κ1) is 37.9. The van der Waals surface area contributed by atoms with Gasteiger partial charge in [0.25, 0.3) is 0 Å². The van der Waals surface area contributed by atoms with E-state index in [9.17, 15) is 0 Å². The van der Waals surface area contributed by atoms with E-state index in [2.05, 4.69) is 149 Å². The van der Waals surface area contributed by atoms with Crippen LogP contribution >= 0.6 is 17.0 Å². The third kappa shape index (κ3) is 6.36. The Morgan fingerprint density at radius 1 is 0.615 bits per heavy atom.